The summed E-state index contributed by atoms with van der Waals surface area (Å²) in [5, 5.41) is 4.06. The van der Waals surface area contributed by atoms with E-state index < -0.39 is 0 Å². The van der Waals surface area contributed by atoms with E-state index in [2.05, 4.69) is 5.32 Å². The zero-order valence-corrected chi connectivity index (χ0v) is 15.6. The molecule has 1 unspecified atom stereocenters. The molecule has 132 valence electrons. The van der Waals surface area contributed by atoms with E-state index in [1.54, 1.807) is 0 Å². The molecule has 4 nitrogen and oxygen atoms in total. The van der Waals surface area contributed by atoms with Crippen molar-refractivity contribution in [3.8, 4) is 0 Å². The molecular weight excluding hydrogens is 357 g/mol. The summed E-state index contributed by atoms with van der Waals surface area (Å²) in [5.74, 6) is 0.1000. The van der Waals surface area contributed by atoms with Crippen molar-refractivity contribution in [1.82, 2.24) is 10.2 Å². The van der Waals surface area contributed by atoms with Crippen molar-refractivity contribution in [3.05, 3.63) is 34.9 Å². The molecule has 1 aromatic rings. The Morgan fingerprint density at radius 3 is 2.39 bits per heavy atom. The van der Waals surface area contributed by atoms with Crippen LogP contribution in [0.1, 0.15) is 31.2 Å². The van der Waals surface area contributed by atoms with Gasteiger partial charge >= 0.3 is 0 Å². The van der Waals surface area contributed by atoms with Crippen LogP contribution in [0.4, 0.5) is 0 Å². The van der Waals surface area contributed by atoms with Crippen LogP contribution in [0, 0.1) is 0 Å². The van der Waals surface area contributed by atoms with E-state index in [-0.39, 0.29) is 36.8 Å². The van der Waals surface area contributed by atoms with Gasteiger partial charge in [-0.1, -0.05) is 23.7 Å². The Balaban J connectivity index is 0.00000242. The molecular formula is C16H26Cl3N3O. The van der Waals surface area contributed by atoms with Gasteiger partial charge in [-0.05, 0) is 49.9 Å². The fourth-order valence-corrected chi connectivity index (χ4v) is 2.69. The summed E-state index contributed by atoms with van der Waals surface area (Å²) in [6.07, 6.45) is 4.10. The minimum atomic E-state index is -0.388. The van der Waals surface area contributed by atoms with Crippen molar-refractivity contribution in [3.63, 3.8) is 0 Å². The molecule has 0 saturated carbocycles. The number of carbonyl (C=O) groups excluding carboxylic acids is 1. The molecule has 1 aliphatic heterocycles. The maximum atomic E-state index is 12.2. The Kier molecular flexibility index (Phi) is 11.7. The normalized spacial score (nSPS) is 15.3. The summed E-state index contributed by atoms with van der Waals surface area (Å²) in [6.45, 7) is 3.24. The maximum absolute atomic E-state index is 12.2. The summed E-state index contributed by atoms with van der Waals surface area (Å²) in [4.78, 5) is 14.1. The highest BCUT2D eigenvalue weighted by molar-refractivity contribution is 6.30. The highest BCUT2D eigenvalue weighted by Gasteiger charge is 2.21. The number of rotatable bonds is 6. The number of nitrogens with one attached hydrogen (secondary N) is 1. The maximum Gasteiger partial charge on any atom is 0.239 e. The summed E-state index contributed by atoms with van der Waals surface area (Å²) in [7, 11) is 0. The lowest BCUT2D eigenvalue weighted by molar-refractivity contribution is -0.133. The molecule has 1 aliphatic rings. The van der Waals surface area contributed by atoms with Crippen LogP contribution in [0.2, 0.25) is 5.02 Å². The van der Waals surface area contributed by atoms with Crippen LogP contribution in [-0.4, -0.2) is 36.5 Å². The Morgan fingerprint density at radius 1 is 1.17 bits per heavy atom. The molecule has 0 bridgehead atoms. The predicted molar refractivity (Wildman–Crippen MR) is 101 cm³/mol. The number of benzene rings is 1. The summed E-state index contributed by atoms with van der Waals surface area (Å²) >= 11 is 5.84. The average Bonchev–Trinajstić information content (AvgIpc) is 2.53. The molecule has 0 radical (unpaired) electrons. The van der Waals surface area contributed by atoms with Gasteiger partial charge in [0.25, 0.3) is 0 Å². The molecule has 0 spiro atoms. The molecule has 23 heavy (non-hydrogen) atoms. The summed E-state index contributed by atoms with van der Waals surface area (Å²) in [6, 6.07) is 7.36. The molecule has 1 atom stereocenters. The zero-order valence-electron chi connectivity index (χ0n) is 13.2. The molecule has 3 N–H and O–H groups in total. The van der Waals surface area contributed by atoms with E-state index in [9.17, 15) is 4.79 Å². The third-order valence-corrected chi connectivity index (χ3v) is 4.11. The standard InChI is InChI=1S/C16H24ClN3O.2ClH/c17-14-6-4-13(5-7-14)12-19-9-8-15(18)16(21)20-10-2-1-3-11-20;;/h4-7,15,19H,1-3,8-12,18H2;2*1H. The van der Waals surface area contributed by atoms with Crippen LogP contribution in [-0.2, 0) is 11.3 Å². The van der Waals surface area contributed by atoms with Gasteiger partial charge in [0.05, 0.1) is 6.04 Å². The third kappa shape index (κ3) is 7.73. The van der Waals surface area contributed by atoms with Crippen LogP contribution in [0.25, 0.3) is 0 Å². The van der Waals surface area contributed by atoms with Crippen LogP contribution in [0.15, 0.2) is 24.3 Å². The molecule has 0 aromatic heterocycles. The lowest BCUT2D eigenvalue weighted by Gasteiger charge is -2.29. The number of nitrogens with zero attached hydrogens (tertiary/aromatic N) is 1. The molecule has 1 saturated heterocycles. The smallest absolute Gasteiger partial charge is 0.239 e. The van der Waals surface area contributed by atoms with Crippen molar-refractivity contribution in [2.24, 2.45) is 5.73 Å². The third-order valence-electron chi connectivity index (χ3n) is 3.86. The van der Waals surface area contributed by atoms with Gasteiger partial charge in [-0.3, -0.25) is 4.79 Å². The second kappa shape index (κ2) is 11.9. The monoisotopic (exact) mass is 381 g/mol. The molecule has 0 aliphatic carbocycles. The minimum Gasteiger partial charge on any atom is -0.341 e. The summed E-state index contributed by atoms with van der Waals surface area (Å²) < 4.78 is 0. The highest BCUT2D eigenvalue weighted by atomic mass is 35.5. The van der Waals surface area contributed by atoms with E-state index in [0.29, 0.717) is 6.42 Å². The number of halogens is 3. The van der Waals surface area contributed by atoms with Gasteiger partial charge in [-0.15, -0.1) is 24.8 Å². The van der Waals surface area contributed by atoms with Gasteiger partial charge < -0.3 is 16.0 Å². The Labute approximate surface area is 155 Å². The number of piperidine rings is 1. The first-order valence-electron chi connectivity index (χ1n) is 7.66. The van der Waals surface area contributed by atoms with Crippen molar-refractivity contribution < 1.29 is 4.79 Å². The second-order valence-electron chi connectivity index (χ2n) is 5.58. The van der Waals surface area contributed by atoms with E-state index >= 15 is 0 Å². The van der Waals surface area contributed by atoms with E-state index in [0.717, 1.165) is 44.0 Å². The number of carbonyl (C=O) groups is 1. The lowest BCUT2D eigenvalue weighted by atomic mass is 10.1. The Morgan fingerprint density at radius 2 is 1.78 bits per heavy atom. The van der Waals surface area contributed by atoms with Gasteiger partial charge in [0.15, 0.2) is 0 Å². The van der Waals surface area contributed by atoms with Crippen LogP contribution in [0.5, 0.6) is 0 Å². The first-order chi connectivity index (χ1) is 10.2. The Bertz CT molecular complexity index is 450. The molecule has 1 fully saturated rings. The fourth-order valence-electron chi connectivity index (χ4n) is 2.56. The molecule has 1 aromatic carbocycles. The van der Waals surface area contributed by atoms with Crippen LogP contribution >= 0.6 is 36.4 Å². The fraction of sp³-hybridized carbons (Fsp3) is 0.562. The number of hydrogen-bond donors (Lipinski definition) is 2. The molecule has 1 amide bonds. The zero-order chi connectivity index (χ0) is 15.1. The number of hydrogen-bond acceptors (Lipinski definition) is 3. The molecule has 1 heterocycles. The van der Waals surface area contributed by atoms with Crippen molar-refractivity contribution >= 4 is 42.3 Å². The predicted octanol–water partition coefficient (Wildman–Crippen LogP) is 3.00. The molecule has 7 heteroatoms. The first-order valence-corrected chi connectivity index (χ1v) is 8.04. The topological polar surface area (TPSA) is 58.4 Å². The number of nitrogens with two attached hydrogens (primary N) is 1. The van der Waals surface area contributed by atoms with Crippen molar-refractivity contribution in [2.45, 2.75) is 38.3 Å². The average molecular weight is 383 g/mol. The van der Waals surface area contributed by atoms with Gasteiger partial charge in [0, 0.05) is 24.7 Å². The van der Waals surface area contributed by atoms with Crippen LogP contribution < -0.4 is 11.1 Å². The van der Waals surface area contributed by atoms with Crippen molar-refractivity contribution in [1.29, 1.82) is 0 Å². The van der Waals surface area contributed by atoms with E-state index in [4.69, 9.17) is 17.3 Å². The van der Waals surface area contributed by atoms with Gasteiger partial charge in [-0.25, -0.2) is 0 Å². The number of likely N-dealkylation sites (tertiary alicyclic amines) is 1. The van der Waals surface area contributed by atoms with Gasteiger partial charge in [0.1, 0.15) is 0 Å². The Hall–Kier alpha value is -0.520. The van der Waals surface area contributed by atoms with Crippen molar-refractivity contribution in [2.75, 3.05) is 19.6 Å². The summed E-state index contributed by atoms with van der Waals surface area (Å²) in [5.41, 5.74) is 7.17. The first kappa shape index (κ1) is 22.5. The SMILES string of the molecule is Cl.Cl.NC(CCNCc1ccc(Cl)cc1)C(=O)N1CCCCC1. The van der Waals surface area contributed by atoms with E-state index in [1.165, 1.54) is 12.0 Å². The van der Waals surface area contributed by atoms with Crippen LogP contribution in [0.3, 0.4) is 0 Å². The second-order valence-corrected chi connectivity index (χ2v) is 6.02. The lowest BCUT2D eigenvalue weighted by Crippen LogP contribution is -2.46. The molecule has 2 rings (SSSR count). The largest absolute Gasteiger partial charge is 0.341 e. The van der Waals surface area contributed by atoms with E-state index in [1.807, 2.05) is 29.2 Å². The van der Waals surface area contributed by atoms with Gasteiger partial charge in [0.2, 0.25) is 5.91 Å². The number of amides is 1. The minimum absolute atomic E-state index is 0. The quantitative estimate of drug-likeness (QED) is 0.744. The van der Waals surface area contributed by atoms with Gasteiger partial charge in [-0.2, -0.15) is 0 Å². The highest BCUT2D eigenvalue weighted by Crippen LogP contribution is 2.11.